The predicted octanol–water partition coefficient (Wildman–Crippen LogP) is 2.53. The van der Waals surface area contributed by atoms with Gasteiger partial charge >= 0.3 is 0 Å². The normalized spacial score (nSPS) is 10.1. The molecule has 2 aromatic rings. The maximum atomic E-state index is 13.5. The average Bonchev–Trinajstić information content (AvgIpc) is 2.41. The van der Waals surface area contributed by atoms with Crippen molar-refractivity contribution in [2.24, 2.45) is 0 Å². The smallest absolute Gasteiger partial charge is 0.256 e. The average molecular weight is 282 g/mol. The Morgan fingerprint density at radius 1 is 1.37 bits per heavy atom. The molecule has 5 nitrogen and oxygen atoms in total. The lowest BCUT2D eigenvalue weighted by molar-refractivity contribution is 0.102. The van der Waals surface area contributed by atoms with Crippen LogP contribution in [-0.4, -0.2) is 23.0 Å². The minimum atomic E-state index is -0.614. The number of methoxy groups -OCH3 is 1. The third kappa shape index (κ3) is 3.17. The van der Waals surface area contributed by atoms with Gasteiger partial charge in [0.25, 0.3) is 5.91 Å². The molecule has 0 saturated carbocycles. The third-order valence-electron chi connectivity index (χ3n) is 2.28. The monoisotopic (exact) mass is 281 g/mol. The molecular formula is C12H9ClFN3O2. The Morgan fingerprint density at radius 3 is 2.74 bits per heavy atom. The van der Waals surface area contributed by atoms with Crippen LogP contribution in [0.1, 0.15) is 10.4 Å². The lowest BCUT2D eigenvalue weighted by Gasteiger charge is -2.06. The van der Waals surface area contributed by atoms with Crippen LogP contribution in [0.25, 0.3) is 0 Å². The number of rotatable bonds is 3. The Balaban J connectivity index is 2.16. The van der Waals surface area contributed by atoms with E-state index < -0.39 is 11.7 Å². The highest BCUT2D eigenvalue weighted by Crippen LogP contribution is 2.18. The lowest BCUT2D eigenvalue weighted by Crippen LogP contribution is -2.13. The molecule has 0 aliphatic rings. The Morgan fingerprint density at radius 2 is 2.16 bits per heavy atom. The molecule has 1 aromatic carbocycles. The van der Waals surface area contributed by atoms with Crippen molar-refractivity contribution < 1.29 is 13.9 Å². The first-order valence-corrected chi connectivity index (χ1v) is 5.60. The Kier molecular flexibility index (Phi) is 3.91. The van der Waals surface area contributed by atoms with Crippen LogP contribution >= 0.6 is 11.6 Å². The van der Waals surface area contributed by atoms with E-state index in [0.717, 1.165) is 6.07 Å². The molecule has 7 heteroatoms. The zero-order chi connectivity index (χ0) is 13.8. The minimum absolute atomic E-state index is 0.0721. The van der Waals surface area contributed by atoms with Gasteiger partial charge in [-0.1, -0.05) is 11.6 Å². The maximum Gasteiger partial charge on any atom is 0.256 e. The van der Waals surface area contributed by atoms with Crippen LogP contribution in [0.2, 0.25) is 5.15 Å². The Hall–Kier alpha value is -2.21. The number of nitrogens with zero attached hydrogens (tertiary/aromatic N) is 2. The van der Waals surface area contributed by atoms with Crippen LogP contribution in [-0.2, 0) is 0 Å². The number of nitrogens with one attached hydrogen (secondary N) is 1. The third-order valence-corrected chi connectivity index (χ3v) is 2.47. The molecule has 1 heterocycles. The number of carbonyl (C=O) groups excluding carboxylic acids is 1. The van der Waals surface area contributed by atoms with Gasteiger partial charge in [-0.05, 0) is 18.2 Å². The molecule has 19 heavy (non-hydrogen) atoms. The second-order valence-electron chi connectivity index (χ2n) is 3.53. The van der Waals surface area contributed by atoms with Gasteiger partial charge in [-0.2, -0.15) is 0 Å². The number of ether oxygens (including phenoxy) is 1. The van der Waals surface area contributed by atoms with Gasteiger partial charge in [0.1, 0.15) is 5.15 Å². The summed E-state index contributed by atoms with van der Waals surface area (Å²) in [6.07, 6.45) is 2.60. The molecule has 0 aliphatic heterocycles. The highest BCUT2D eigenvalue weighted by Gasteiger charge is 2.11. The zero-order valence-electron chi connectivity index (χ0n) is 9.85. The number of benzene rings is 1. The van der Waals surface area contributed by atoms with Crippen molar-refractivity contribution in [2.75, 3.05) is 12.4 Å². The van der Waals surface area contributed by atoms with Crippen molar-refractivity contribution in [2.45, 2.75) is 0 Å². The fourth-order valence-electron chi connectivity index (χ4n) is 1.37. The minimum Gasteiger partial charge on any atom is -0.494 e. The molecule has 0 bridgehead atoms. The molecule has 0 unspecified atom stereocenters. The molecule has 0 fully saturated rings. The second kappa shape index (κ2) is 5.62. The van der Waals surface area contributed by atoms with Gasteiger partial charge in [-0.3, -0.25) is 4.79 Å². The van der Waals surface area contributed by atoms with Gasteiger partial charge < -0.3 is 10.1 Å². The Labute approximate surface area is 113 Å². The van der Waals surface area contributed by atoms with Gasteiger partial charge in [0.05, 0.1) is 19.5 Å². The van der Waals surface area contributed by atoms with Crippen molar-refractivity contribution in [3.63, 3.8) is 0 Å². The van der Waals surface area contributed by atoms with Crippen LogP contribution in [0.3, 0.4) is 0 Å². The van der Waals surface area contributed by atoms with Crippen molar-refractivity contribution in [1.29, 1.82) is 0 Å². The first kappa shape index (κ1) is 13.2. The molecule has 1 amide bonds. The zero-order valence-corrected chi connectivity index (χ0v) is 10.6. The van der Waals surface area contributed by atoms with Crippen molar-refractivity contribution in [1.82, 2.24) is 9.97 Å². The van der Waals surface area contributed by atoms with E-state index in [-0.39, 0.29) is 22.3 Å². The summed E-state index contributed by atoms with van der Waals surface area (Å²) in [6.45, 7) is 0. The molecule has 0 aliphatic carbocycles. The number of hydrogen-bond acceptors (Lipinski definition) is 4. The van der Waals surface area contributed by atoms with Crippen LogP contribution < -0.4 is 10.1 Å². The summed E-state index contributed by atoms with van der Waals surface area (Å²) >= 11 is 5.57. The van der Waals surface area contributed by atoms with Crippen molar-refractivity contribution >= 4 is 23.3 Å². The fourth-order valence-corrected chi connectivity index (χ4v) is 1.47. The highest BCUT2D eigenvalue weighted by molar-refractivity contribution is 6.29. The van der Waals surface area contributed by atoms with E-state index in [1.807, 2.05) is 0 Å². The summed E-state index contributed by atoms with van der Waals surface area (Å²) in [4.78, 5) is 19.5. The largest absolute Gasteiger partial charge is 0.494 e. The molecule has 0 saturated heterocycles. The topological polar surface area (TPSA) is 64.1 Å². The molecule has 0 atom stereocenters. The van der Waals surface area contributed by atoms with Gasteiger partial charge in [-0.25, -0.2) is 14.4 Å². The number of carbonyl (C=O) groups is 1. The van der Waals surface area contributed by atoms with Gasteiger partial charge in [0.2, 0.25) is 0 Å². The summed E-state index contributed by atoms with van der Waals surface area (Å²) < 4.78 is 18.2. The van der Waals surface area contributed by atoms with E-state index in [4.69, 9.17) is 16.3 Å². The number of aromatic nitrogens is 2. The summed E-state index contributed by atoms with van der Waals surface area (Å²) in [6, 6.07) is 3.90. The van der Waals surface area contributed by atoms with Crippen LogP contribution in [0, 0.1) is 5.82 Å². The van der Waals surface area contributed by atoms with Crippen molar-refractivity contribution in [3.8, 4) is 5.75 Å². The SMILES string of the molecule is COc1ccc(C(=O)Nc2cnc(Cl)cn2)cc1F. The fraction of sp³-hybridized carbons (Fsp3) is 0.0833. The van der Waals surface area contributed by atoms with Crippen LogP contribution in [0.4, 0.5) is 10.2 Å². The summed E-state index contributed by atoms with van der Waals surface area (Å²) in [7, 11) is 1.35. The maximum absolute atomic E-state index is 13.5. The summed E-state index contributed by atoms with van der Waals surface area (Å²) in [5, 5.41) is 2.69. The van der Waals surface area contributed by atoms with E-state index in [0.29, 0.717) is 0 Å². The van der Waals surface area contributed by atoms with E-state index in [1.54, 1.807) is 0 Å². The molecule has 2 rings (SSSR count). The number of anilines is 1. The van der Waals surface area contributed by atoms with Gasteiger partial charge in [-0.15, -0.1) is 0 Å². The van der Waals surface area contributed by atoms with E-state index in [9.17, 15) is 9.18 Å². The number of halogens is 2. The molecular weight excluding hydrogens is 273 g/mol. The van der Waals surface area contributed by atoms with Crippen LogP contribution in [0.5, 0.6) is 5.75 Å². The predicted molar refractivity (Wildman–Crippen MR) is 67.9 cm³/mol. The van der Waals surface area contributed by atoms with Crippen molar-refractivity contribution in [3.05, 3.63) is 47.1 Å². The molecule has 1 aromatic heterocycles. The number of hydrogen-bond donors (Lipinski definition) is 1. The van der Waals surface area contributed by atoms with E-state index >= 15 is 0 Å². The summed E-state index contributed by atoms with van der Waals surface area (Å²) in [5.74, 6) is -0.816. The molecule has 98 valence electrons. The first-order chi connectivity index (χ1) is 9.10. The molecule has 0 radical (unpaired) electrons. The van der Waals surface area contributed by atoms with E-state index in [2.05, 4.69) is 15.3 Å². The molecule has 1 N–H and O–H groups in total. The van der Waals surface area contributed by atoms with E-state index in [1.165, 1.54) is 31.6 Å². The quantitative estimate of drug-likeness (QED) is 0.939. The van der Waals surface area contributed by atoms with Gasteiger partial charge in [0.15, 0.2) is 17.4 Å². The molecule has 0 spiro atoms. The standard InChI is InChI=1S/C12H9ClFN3O2/c1-19-9-3-2-7(4-8(9)14)12(18)17-11-6-15-10(13)5-16-11/h2-6H,1H3,(H,16,17,18). The first-order valence-electron chi connectivity index (χ1n) is 5.22. The number of amides is 1. The second-order valence-corrected chi connectivity index (χ2v) is 3.92. The lowest BCUT2D eigenvalue weighted by atomic mass is 10.2. The van der Waals surface area contributed by atoms with Gasteiger partial charge in [0, 0.05) is 5.56 Å². The highest BCUT2D eigenvalue weighted by atomic mass is 35.5. The Bertz CT molecular complexity index is 604. The van der Waals surface area contributed by atoms with Crippen LogP contribution in [0.15, 0.2) is 30.6 Å². The summed E-state index contributed by atoms with van der Waals surface area (Å²) in [5.41, 5.74) is 0.148.